The molecule has 2 heterocycles. The molecule has 0 N–H and O–H groups in total. The summed E-state index contributed by atoms with van der Waals surface area (Å²) in [6.07, 6.45) is 7.16. The molecule has 0 saturated carbocycles. The van der Waals surface area contributed by atoms with Crippen molar-refractivity contribution in [1.29, 1.82) is 0 Å². The lowest BCUT2D eigenvalue weighted by Crippen LogP contribution is -1.94. The molecule has 0 radical (unpaired) electrons. The van der Waals surface area contributed by atoms with Crippen LogP contribution in [0.25, 0.3) is 11.2 Å². The van der Waals surface area contributed by atoms with Crippen LogP contribution in [0.5, 0.6) is 0 Å². The Kier molecular flexibility index (Phi) is 2.45. The van der Waals surface area contributed by atoms with Gasteiger partial charge in [0, 0.05) is 6.54 Å². The Balaban J connectivity index is 2.52. The summed E-state index contributed by atoms with van der Waals surface area (Å²) >= 11 is 5.86. The Labute approximate surface area is 86.3 Å². The van der Waals surface area contributed by atoms with Crippen LogP contribution in [0.2, 0.25) is 5.15 Å². The van der Waals surface area contributed by atoms with E-state index in [0.717, 1.165) is 12.2 Å². The lowest BCUT2D eigenvalue weighted by atomic mass is 10.5. The Morgan fingerprint density at radius 2 is 2.29 bits per heavy atom. The van der Waals surface area contributed by atoms with Crippen LogP contribution in [0.3, 0.4) is 0 Å². The predicted molar refractivity (Wildman–Crippen MR) is 55.1 cm³/mol. The van der Waals surface area contributed by atoms with E-state index in [1.54, 1.807) is 6.33 Å². The van der Waals surface area contributed by atoms with Gasteiger partial charge in [-0.1, -0.05) is 23.8 Å². The highest BCUT2D eigenvalue weighted by Crippen LogP contribution is 2.16. The fourth-order valence-electron chi connectivity index (χ4n) is 1.20. The van der Waals surface area contributed by atoms with Crippen molar-refractivity contribution < 1.29 is 0 Å². The van der Waals surface area contributed by atoms with Gasteiger partial charge in [-0.3, -0.25) is 0 Å². The summed E-state index contributed by atoms with van der Waals surface area (Å²) in [5.74, 6) is 0. The first-order chi connectivity index (χ1) is 6.83. The van der Waals surface area contributed by atoms with Gasteiger partial charge in [-0.25, -0.2) is 15.0 Å². The second-order valence-corrected chi connectivity index (χ2v) is 3.16. The largest absolute Gasteiger partial charge is 0.311 e. The molecule has 5 heteroatoms. The number of halogens is 1. The zero-order chi connectivity index (χ0) is 9.97. The topological polar surface area (TPSA) is 43.6 Å². The molecule has 0 aliphatic heterocycles. The third-order valence-electron chi connectivity index (χ3n) is 1.89. The molecule has 4 nitrogen and oxygen atoms in total. The highest BCUT2D eigenvalue weighted by Gasteiger charge is 2.06. The SMILES string of the molecule is C/C=C/Cn1cnc2c(Cl)ncnc21. The number of imidazole rings is 1. The molecule has 72 valence electrons. The summed E-state index contributed by atoms with van der Waals surface area (Å²) in [5, 5.41) is 0.397. The number of fused-ring (bicyclic) bond motifs is 1. The van der Waals surface area contributed by atoms with Crippen molar-refractivity contribution in [1.82, 2.24) is 19.5 Å². The Morgan fingerprint density at radius 1 is 1.43 bits per heavy atom. The Morgan fingerprint density at radius 3 is 3.07 bits per heavy atom. The number of rotatable bonds is 2. The molecule has 0 fully saturated rings. The van der Waals surface area contributed by atoms with Crippen molar-refractivity contribution in [2.75, 3.05) is 0 Å². The minimum atomic E-state index is 0.397. The normalized spacial score (nSPS) is 11.6. The molecular weight excluding hydrogens is 200 g/mol. The molecule has 2 aromatic heterocycles. The van der Waals surface area contributed by atoms with Crippen molar-refractivity contribution in [2.24, 2.45) is 0 Å². The molecule has 0 atom stereocenters. The zero-order valence-electron chi connectivity index (χ0n) is 7.68. The summed E-state index contributed by atoms with van der Waals surface area (Å²) in [4.78, 5) is 12.1. The predicted octanol–water partition coefficient (Wildman–Crippen LogP) is 2.06. The molecule has 2 aromatic rings. The fourth-order valence-corrected chi connectivity index (χ4v) is 1.38. The Bertz CT molecular complexity index is 475. The van der Waals surface area contributed by atoms with E-state index in [4.69, 9.17) is 11.6 Å². The van der Waals surface area contributed by atoms with Gasteiger partial charge < -0.3 is 4.57 Å². The van der Waals surface area contributed by atoms with Gasteiger partial charge in [0.05, 0.1) is 6.33 Å². The molecular formula is C9H9ClN4. The molecule has 0 bridgehead atoms. The number of hydrogen-bond acceptors (Lipinski definition) is 3. The minimum absolute atomic E-state index is 0.397. The highest BCUT2D eigenvalue weighted by atomic mass is 35.5. The maximum Gasteiger partial charge on any atom is 0.165 e. The van der Waals surface area contributed by atoms with Crippen molar-refractivity contribution >= 4 is 22.8 Å². The highest BCUT2D eigenvalue weighted by molar-refractivity contribution is 6.33. The molecule has 0 spiro atoms. The second-order valence-electron chi connectivity index (χ2n) is 2.80. The average molecular weight is 209 g/mol. The molecule has 14 heavy (non-hydrogen) atoms. The first kappa shape index (κ1) is 9.15. The van der Waals surface area contributed by atoms with E-state index in [1.165, 1.54) is 6.33 Å². The van der Waals surface area contributed by atoms with Crippen LogP contribution < -0.4 is 0 Å². The van der Waals surface area contributed by atoms with Gasteiger partial charge in [-0.2, -0.15) is 0 Å². The molecule has 0 aromatic carbocycles. The van der Waals surface area contributed by atoms with Crippen LogP contribution >= 0.6 is 11.6 Å². The summed E-state index contributed by atoms with van der Waals surface area (Å²) in [5.41, 5.74) is 1.42. The molecule has 0 aliphatic carbocycles. The average Bonchev–Trinajstić information content (AvgIpc) is 2.60. The number of allylic oxidation sites excluding steroid dienone is 2. The minimum Gasteiger partial charge on any atom is -0.311 e. The molecule has 0 unspecified atom stereocenters. The van der Waals surface area contributed by atoms with E-state index in [9.17, 15) is 0 Å². The first-order valence-electron chi connectivity index (χ1n) is 4.25. The first-order valence-corrected chi connectivity index (χ1v) is 4.63. The van der Waals surface area contributed by atoms with Crippen LogP contribution in [0.4, 0.5) is 0 Å². The molecule has 2 rings (SSSR count). The molecule has 0 aliphatic rings. The smallest absolute Gasteiger partial charge is 0.165 e. The summed E-state index contributed by atoms with van der Waals surface area (Å²) in [6, 6.07) is 0. The van der Waals surface area contributed by atoms with Crippen LogP contribution in [0.15, 0.2) is 24.8 Å². The number of hydrogen-bond donors (Lipinski definition) is 0. The van der Waals surface area contributed by atoms with E-state index in [0.29, 0.717) is 10.7 Å². The van der Waals surface area contributed by atoms with Crippen molar-refractivity contribution in [3.63, 3.8) is 0 Å². The van der Waals surface area contributed by atoms with Crippen molar-refractivity contribution in [3.8, 4) is 0 Å². The van der Waals surface area contributed by atoms with E-state index in [2.05, 4.69) is 15.0 Å². The van der Waals surface area contributed by atoms with E-state index in [1.807, 2.05) is 23.6 Å². The van der Waals surface area contributed by atoms with E-state index in [-0.39, 0.29) is 0 Å². The lowest BCUT2D eigenvalue weighted by molar-refractivity contribution is 0.835. The third kappa shape index (κ3) is 1.48. The number of nitrogens with zero attached hydrogens (tertiary/aromatic N) is 4. The standard InChI is InChI=1S/C9H9ClN4/c1-2-3-4-14-6-13-7-8(10)11-5-12-9(7)14/h2-3,5-6H,4H2,1H3/b3-2+. The lowest BCUT2D eigenvalue weighted by Gasteiger charge is -1.97. The summed E-state index contributed by atoms with van der Waals surface area (Å²) in [6.45, 7) is 2.72. The molecule has 0 saturated heterocycles. The van der Waals surface area contributed by atoms with E-state index < -0.39 is 0 Å². The molecule has 0 amide bonds. The van der Waals surface area contributed by atoms with Gasteiger partial charge in [0.15, 0.2) is 10.8 Å². The van der Waals surface area contributed by atoms with Crippen LogP contribution in [-0.2, 0) is 6.54 Å². The van der Waals surface area contributed by atoms with E-state index >= 15 is 0 Å². The maximum atomic E-state index is 5.86. The van der Waals surface area contributed by atoms with Crippen LogP contribution in [-0.4, -0.2) is 19.5 Å². The van der Waals surface area contributed by atoms with Gasteiger partial charge in [0.2, 0.25) is 0 Å². The Hall–Kier alpha value is -1.42. The van der Waals surface area contributed by atoms with Gasteiger partial charge in [0.1, 0.15) is 11.8 Å². The quantitative estimate of drug-likeness (QED) is 0.561. The second kappa shape index (κ2) is 3.75. The number of aromatic nitrogens is 4. The van der Waals surface area contributed by atoms with Crippen molar-refractivity contribution in [3.05, 3.63) is 30.0 Å². The van der Waals surface area contributed by atoms with Crippen LogP contribution in [0, 0.1) is 0 Å². The van der Waals surface area contributed by atoms with Gasteiger partial charge in [-0.15, -0.1) is 0 Å². The summed E-state index contributed by atoms with van der Waals surface area (Å²) in [7, 11) is 0. The van der Waals surface area contributed by atoms with Crippen LogP contribution in [0.1, 0.15) is 6.92 Å². The van der Waals surface area contributed by atoms with Crippen molar-refractivity contribution in [2.45, 2.75) is 13.5 Å². The zero-order valence-corrected chi connectivity index (χ0v) is 8.44. The fraction of sp³-hybridized carbons (Fsp3) is 0.222. The third-order valence-corrected chi connectivity index (χ3v) is 2.17. The summed E-state index contributed by atoms with van der Waals surface area (Å²) < 4.78 is 1.92. The maximum absolute atomic E-state index is 5.86. The van der Waals surface area contributed by atoms with Gasteiger partial charge in [0.25, 0.3) is 0 Å². The van der Waals surface area contributed by atoms with Gasteiger partial charge in [-0.05, 0) is 6.92 Å². The van der Waals surface area contributed by atoms with Gasteiger partial charge >= 0.3 is 0 Å². The monoisotopic (exact) mass is 208 g/mol.